The van der Waals surface area contributed by atoms with Crippen molar-refractivity contribution in [3.8, 4) is 0 Å². The Bertz CT molecular complexity index is 364. The molecule has 1 N–H and O–H groups in total. The number of rotatable bonds is 3. The van der Waals surface area contributed by atoms with Gasteiger partial charge in [-0.05, 0) is 25.7 Å². The largest absolute Gasteiger partial charge is 0.395 e. The first-order valence-electron chi connectivity index (χ1n) is 6.41. The van der Waals surface area contributed by atoms with Crippen molar-refractivity contribution in [2.24, 2.45) is 0 Å². The Morgan fingerprint density at radius 1 is 1.31 bits per heavy atom. The molecule has 0 unspecified atom stereocenters. The third-order valence-corrected chi connectivity index (χ3v) is 5.19. The molecular weight excluding hydrogens is 218 g/mol. The second kappa shape index (κ2) is 4.11. The van der Waals surface area contributed by atoms with Crippen LogP contribution < -0.4 is 0 Å². The van der Waals surface area contributed by atoms with Gasteiger partial charge in [0.25, 0.3) is 0 Å². The highest BCUT2D eigenvalue weighted by atomic mass is 32.1. The van der Waals surface area contributed by atoms with E-state index in [0.717, 1.165) is 18.8 Å². The van der Waals surface area contributed by atoms with Gasteiger partial charge in [-0.1, -0.05) is 19.3 Å². The summed E-state index contributed by atoms with van der Waals surface area (Å²) in [6.45, 7) is 0.282. The standard InChI is InChI=1S/C13H19NOS/c15-9-13(6-2-1-3-7-13)12-14-11(8-16-12)10-4-5-10/h8,10,15H,1-7,9H2. The quantitative estimate of drug-likeness (QED) is 0.875. The van der Waals surface area contributed by atoms with Gasteiger partial charge in [-0.3, -0.25) is 0 Å². The molecule has 2 aliphatic rings. The molecule has 2 nitrogen and oxygen atoms in total. The summed E-state index contributed by atoms with van der Waals surface area (Å²) in [6, 6.07) is 0. The van der Waals surface area contributed by atoms with E-state index in [-0.39, 0.29) is 12.0 Å². The molecule has 1 aromatic rings. The van der Waals surface area contributed by atoms with Crippen LogP contribution in [0.1, 0.15) is 61.6 Å². The molecule has 0 aliphatic heterocycles. The summed E-state index contributed by atoms with van der Waals surface area (Å²) in [7, 11) is 0. The third kappa shape index (κ3) is 1.80. The first kappa shape index (κ1) is 10.7. The van der Waals surface area contributed by atoms with Crippen LogP contribution in [0.4, 0.5) is 0 Å². The summed E-state index contributed by atoms with van der Waals surface area (Å²) in [5, 5.41) is 13.2. The van der Waals surface area contributed by atoms with E-state index in [2.05, 4.69) is 5.38 Å². The van der Waals surface area contributed by atoms with Crippen molar-refractivity contribution in [2.45, 2.75) is 56.3 Å². The fourth-order valence-corrected chi connectivity index (χ4v) is 3.92. The van der Waals surface area contributed by atoms with Gasteiger partial charge < -0.3 is 5.11 Å². The molecule has 2 aliphatic carbocycles. The average Bonchev–Trinajstić information content (AvgIpc) is 3.08. The third-order valence-electron chi connectivity index (χ3n) is 4.08. The van der Waals surface area contributed by atoms with E-state index in [0.29, 0.717) is 0 Å². The van der Waals surface area contributed by atoms with Gasteiger partial charge in [0, 0.05) is 16.7 Å². The minimum Gasteiger partial charge on any atom is -0.395 e. The lowest BCUT2D eigenvalue weighted by Crippen LogP contribution is -2.32. The average molecular weight is 237 g/mol. The molecule has 2 saturated carbocycles. The highest BCUT2D eigenvalue weighted by molar-refractivity contribution is 7.09. The summed E-state index contributed by atoms with van der Waals surface area (Å²) < 4.78 is 0. The van der Waals surface area contributed by atoms with Crippen molar-refractivity contribution < 1.29 is 5.11 Å². The molecule has 0 amide bonds. The van der Waals surface area contributed by atoms with Crippen LogP contribution in [-0.4, -0.2) is 16.7 Å². The lowest BCUT2D eigenvalue weighted by molar-refractivity contribution is 0.151. The van der Waals surface area contributed by atoms with E-state index in [1.165, 1.54) is 42.8 Å². The Labute approximate surface area is 101 Å². The molecule has 0 atom stereocenters. The fraction of sp³-hybridized carbons (Fsp3) is 0.769. The maximum Gasteiger partial charge on any atom is 0.101 e. The van der Waals surface area contributed by atoms with Crippen LogP contribution in [0.2, 0.25) is 0 Å². The van der Waals surface area contributed by atoms with Crippen molar-refractivity contribution >= 4 is 11.3 Å². The second-order valence-electron chi connectivity index (χ2n) is 5.35. The first-order chi connectivity index (χ1) is 7.84. The number of hydrogen-bond donors (Lipinski definition) is 1. The van der Waals surface area contributed by atoms with Gasteiger partial charge in [0.15, 0.2) is 0 Å². The number of thiazole rings is 1. The molecule has 1 aromatic heterocycles. The molecule has 2 fully saturated rings. The Balaban J connectivity index is 1.86. The van der Waals surface area contributed by atoms with Crippen molar-refractivity contribution in [3.05, 3.63) is 16.1 Å². The Morgan fingerprint density at radius 2 is 2.06 bits per heavy atom. The summed E-state index contributed by atoms with van der Waals surface area (Å²) in [4.78, 5) is 4.80. The molecule has 3 heteroatoms. The highest BCUT2D eigenvalue weighted by Gasteiger charge is 2.37. The van der Waals surface area contributed by atoms with Crippen molar-refractivity contribution in [3.63, 3.8) is 0 Å². The molecule has 3 rings (SSSR count). The van der Waals surface area contributed by atoms with Gasteiger partial charge in [-0.25, -0.2) is 4.98 Å². The topological polar surface area (TPSA) is 33.1 Å². The zero-order valence-electron chi connectivity index (χ0n) is 9.61. The minimum atomic E-state index is 0.00998. The molecule has 0 bridgehead atoms. The van der Waals surface area contributed by atoms with Gasteiger partial charge in [-0.2, -0.15) is 0 Å². The number of aliphatic hydroxyl groups excluding tert-OH is 1. The lowest BCUT2D eigenvalue weighted by Gasteiger charge is -2.33. The van der Waals surface area contributed by atoms with Crippen LogP contribution >= 0.6 is 11.3 Å². The predicted octanol–water partition coefficient (Wildman–Crippen LogP) is 3.21. The maximum absolute atomic E-state index is 9.73. The molecule has 0 saturated heterocycles. The highest BCUT2D eigenvalue weighted by Crippen LogP contribution is 2.44. The van der Waals surface area contributed by atoms with E-state index in [9.17, 15) is 5.11 Å². The summed E-state index contributed by atoms with van der Waals surface area (Å²) in [5.41, 5.74) is 1.30. The maximum atomic E-state index is 9.73. The molecule has 88 valence electrons. The van der Waals surface area contributed by atoms with Crippen molar-refractivity contribution in [1.82, 2.24) is 4.98 Å². The summed E-state index contributed by atoms with van der Waals surface area (Å²) in [6.07, 6.45) is 8.70. The van der Waals surface area contributed by atoms with Gasteiger partial charge in [0.05, 0.1) is 12.3 Å². The molecular formula is C13H19NOS. The van der Waals surface area contributed by atoms with Crippen LogP contribution in [0.5, 0.6) is 0 Å². The minimum absolute atomic E-state index is 0.00998. The molecule has 16 heavy (non-hydrogen) atoms. The normalized spacial score (nSPS) is 24.6. The lowest BCUT2D eigenvalue weighted by atomic mass is 9.75. The van der Waals surface area contributed by atoms with E-state index in [1.807, 2.05) is 0 Å². The van der Waals surface area contributed by atoms with Crippen LogP contribution in [-0.2, 0) is 5.41 Å². The van der Waals surface area contributed by atoms with Gasteiger partial charge >= 0.3 is 0 Å². The predicted molar refractivity (Wildman–Crippen MR) is 65.9 cm³/mol. The second-order valence-corrected chi connectivity index (χ2v) is 6.21. The number of aliphatic hydroxyl groups is 1. The van der Waals surface area contributed by atoms with Crippen molar-refractivity contribution in [1.29, 1.82) is 0 Å². The molecule has 0 spiro atoms. The Morgan fingerprint density at radius 3 is 2.69 bits per heavy atom. The van der Waals surface area contributed by atoms with Crippen LogP contribution in [0, 0.1) is 0 Å². The van der Waals surface area contributed by atoms with Gasteiger partial charge in [0.1, 0.15) is 5.01 Å². The van der Waals surface area contributed by atoms with Crippen molar-refractivity contribution in [2.75, 3.05) is 6.61 Å². The van der Waals surface area contributed by atoms with Gasteiger partial charge in [0.2, 0.25) is 0 Å². The molecule has 1 heterocycles. The molecule has 0 aromatic carbocycles. The van der Waals surface area contributed by atoms with E-state index in [1.54, 1.807) is 11.3 Å². The zero-order chi connectivity index (χ0) is 11.0. The van der Waals surface area contributed by atoms with Gasteiger partial charge in [-0.15, -0.1) is 11.3 Å². The fourth-order valence-electron chi connectivity index (χ4n) is 2.76. The van der Waals surface area contributed by atoms with E-state index < -0.39 is 0 Å². The first-order valence-corrected chi connectivity index (χ1v) is 7.29. The monoisotopic (exact) mass is 237 g/mol. The van der Waals surface area contributed by atoms with E-state index in [4.69, 9.17) is 4.98 Å². The van der Waals surface area contributed by atoms with Crippen LogP contribution in [0.25, 0.3) is 0 Å². The van der Waals surface area contributed by atoms with E-state index >= 15 is 0 Å². The number of aromatic nitrogens is 1. The van der Waals surface area contributed by atoms with Crippen LogP contribution in [0.3, 0.4) is 0 Å². The smallest absolute Gasteiger partial charge is 0.101 e. The summed E-state index contributed by atoms with van der Waals surface area (Å²) >= 11 is 1.78. The Kier molecular flexibility index (Phi) is 2.76. The SMILES string of the molecule is OCC1(c2nc(C3CC3)cs2)CCCCC1. The zero-order valence-corrected chi connectivity index (χ0v) is 10.4. The number of hydrogen-bond acceptors (Lipinski definition) is 3. The number of nitrogens with zero attached hydrogens (tertiary/aromatic N) is 1. The molecule has 0 radical (unpaired) electrons. The summed E-state index contributed by atoms with van der Waals surface area (Å²) in [5.74, 6) is 0.740. The van der Waals surface area contributed by atoms with Crippen LogP contribution in [0.15, 0.2) is 5.38 Å². The Hall–Kier alpha value is -0.410.